The fraction of sp³-hybridized carbons (Fsp3) is 0. The summed E-state index contributed by atoms with van der Waals surface area (Å²) in [6.45, 7) is 0. The van der Waals surface area contributed by atoms with Gasteiger partial charge in [-0.25, -0.2) is 0 Å². The molecule has 1 heterocycles. The molecule has 4 heteroatoms. The van der Waals surface area contributed by atoms with Gasteiger partial charge < -0.3 is 10.3 Å². The summed E-state index contributed by atoms with van der Waals surface area (Å²) in [6, 6.07) is 1.41. The number of nitrogens with two attached hydrogens (primary N) is 1. The van der Waals surface area contributed by atoms with Crippen LogP contribution in [0, 0.1) is 0 Å². The smallest absolute Gasteiger partial charge is 0.287 e. The minimum Gasteiger partial charge on any atom is -0.363 e. The van der Waals surface area contributed by atoms with E-state index in [0.717, 1.165) is 0 Å². The molecule has 0 bridgehead atoms. The Balaban J connectivity index is 2.93. The molecule has 0 fully saturated rings. The first kappa shape index (κ1) is 4.83. The van der Waals surface area contributed by atoms with Gasteiger partial charge >= 0.3 is 0 Å². The molecule has 42 valence electrons. The number of nitrogens with zero attached hydrogens (tertiary/aromatic N) is 1. The van der Waals surface area contributed by atoms with Gasteiger partial charge in [0.15, 0.2) is 0 Å². The highest BCUT2D eigenvalue weighted by Crippen LogP contribution is 1.91. The summed E-state index contributed by atoms with van der Waals surface area (Å²) in [5.74, 6) is -0.507. The number of carbonyl (C=O) groups excluding carboxylic acids is 1. The molecule has 0 aromatic carbocycles. The summed E-state index contributed by atoms with van der Waals surface area (Å²) in [7, 11) is 0. The number of rotatable bonds is 1. The first-order valence-corrected chi connectivity index (χ1v) is 2.01. The van der Waals surface area contributed by atoms with Gasteiger partial charge in [0.2, 0.25) is 5.76 Å². The Hall–Kier alpha value is -1.32. The van der Waals surface area contributed by atoms with Gasteiger partial charge in [-0.2, -0.15) is 0 Å². The van der Waals surface area contributed by atoms with E-state index in [4.69, 9.17) is 5.73 Å². The van der Waals surface area contributed by atoms with E-state index in [0.29, 0.717) is 0 Å². The normalized spacial score (nSPS) is 9.00. The van der Waals surface area contributed by atoms with Gasteiger partial charge in [-0.3, -0.25) is 4.79 Å². The minimum absolute atomic E-state index is 0.0880. The Bertz CT molecular complexity index is 180. The largest absolute Gasteiger partial charge is 0.363 e. The molecular formula is C4H4N2O2. The maximum Gasteiger partial charge on any atom is 0.287 e. The molecule has 2 N–H and O–H groups in total. The summed E-state index contributed by atoms with van der Waals surface area (Å²) in [6.07, 6.45) is 1.36. The minimum atomic E-state index is -0.595. The molecule has 1 amide bonds. The average Bonchev–Trinajstić information content (AvgIpc) is 2.12. The molecule has 1 rings (SSSR count). The molecule has 8 heavy (non-hydrogen) atoms. The zero-order valence-corrected chi connectivity index (χ0v) is 4.00. The number of carbonyl (C=O) groups is 1. The van der Waals surface area contributed by atoms with Crippen molar-refractivity contribution in [3.63, 3.8) is 0 Å². The van der Waals surface area contributed by atoms with Crippen LogP contribution in [0.5, 0.6) is 0 Å². The van der Waals surface area contributed by atoms with Crippen LogP contribution in [0.1, 0.15) is 10.6 Å². The van der Waals surface area contributed by atoms with E-state index < -0.39 is 5.91 Å². The Labute approximate surface area is 45.3 Å². The van der Waals surface area contributed by atoms with Crippen LogP contribution >= 0.6 is 0 Å². The molecular weight excluding hydrogens is 108 g/mol. The number of primary amides is 1. The van der Waals surface area contributed by atoms with Crippen LogP contribution < -0.4 is 5.73 Å². The van der Waals surface area contributed by atoms with Gasteiger partial charge in [-0.15, -0.1) is 0 Å². The third kappa shape index (κ3) is 0.676. The Kier molecular flexibility index (Phi) is 0.997. The molecule has 0 aliphatic heterocycles. The van der Waals surface area contributed by atoms with Crippen molar-refractivity contribution in [2.45, 2.75) is 0 Å². The monoisotopic (exact) mass is 112 g/mol. The van der Waals surface area contributed by atoms with Crippen LogP contribution in [0.15, 0.2) is 16.8 Å². The molecule has 4 nitrogen and oxygen atoms in total. The van der Waals surface area contributed by atoms with E-state index in [1.165, 1.54) is 12.3 Å². The number of hydrogen-bond donors (Lipinski definition) is 1. The first-order chi connectivity index (χ1) is 3.80. The van der Waals surface area contributed by atoms with Crippen molar-refractivity contribution in [2.75, 3.05) is 0 Å². The fourth-order valence-corrected chi connectivity index (χ4v) is 0.343. The molecule has 0 atom stereocenters. The molecule has 0 spiro atoms. The van der Waals surface area contributed by atoms with E-state index in [1.807, 2.05) is 0 Å². The van der Waals surface area contributed by atoms with Crippen molar-refractivity contribution >= 4 is 5.91 Å². The molecule has 1 aromatic rings. The van der Waals surface area contributed by atoms with Gasteiger partial charge in [0.25, 0.3) is 5.91 Å². The van der Waals surface area contributed by atoms with Crippen molar-refractivity contribution in [1.82, 2.24) is 5.16 Å². The lowest BCUT2D eigenvalue weighted by Gasteiger charge is -1.78. The zero-order valence-electron chi connectivity index (χ0n) is 4.00. The predicted molar refractivity (Wildman–Crippen MR) is 25.0 cm³/mol. The molecule has 1 aromatic heterocycles. The van der Waals surface area contributed by atoms with E-state index in [9.17, 15) is 4.79 Å². The third-order valence-electron chi connectivity index (χ3n) is 0.681. The molecule has 0 unspecified atom stereocenters. The van der Waals surface area contributed by atoms with Crippen LogP contribution in [-0.2, 0) is 0 Å². The van der Waals surface area contributed by atoms with Crippen LogP contribution in [0.3, 0.4) is 0 Å². The molecule has 0 aliphatic carbocycles. The maximum absolute atomic E-state index is 10.2. The van der Waals surface area contributed by atoms with E-state index in [-0.39, 0.29) is 5.76 Å². The Morgan fingerprint density at radius 2 is 2.62 bits per heavy atom. The Morgan fingerprint density at radius 3 is 2.88 bits per heavy atom. The fourth-order valence-electron chi connectivity index (χ4n) is 0.343. The van der Waals surface area contributed by atoms with Crippen LogP contribution in [0.25, 0.3) is 0 Å². The van der Waals surface area contributed by atoms with Crippen LogP contribution in [0.2, 0.25) is 0 Å². The highest BCUT2D eigenvalue weighted by Gasteiger charge is 2.00. The van der Waals surface area contributed by atoms with Gasteiger partial charge in [0.05, 0.1) is 6.20 Å². The lowest BCUT2D eigenvalue weighted by atomic mass is 10.5. The van der Waals surface area contributed by atoms with Crippen molar-refractivity contribution in [3.8, 4) is 0 Å². The van der Waals surface area contributed by atoms with Crippen molar-refractivity contribution in [2.24, 2.45) is 5.73 Å². The second kappa shape index (κ2) is 1.65. The van der Waals surface area contributed by atoms with E-state index >= 15 is 0 Å². The number of aromatic nitrogens is 1. The summed E-state index contributed by atoms with van der Waals surface area (Å²) >= 11 is 0. The molecule has 0 aliphatic rings. The summed E-state index contributed by atoms with van der Waals surface area (Å²) in [5.41, 5.74) is 4.79. The van der Waals surface area contributed by atoms with Gasteiger partial charge in [-0.05, 0) is 0 Å². The van der Waals surface area contributed by atoms with E-state index in [1.54, 1.807) is 0 Å². The second-order valence-electron chi connectivity index (χ2n) is 1.24. The van der Waals surface area contributed by atoms with Gasteiger partial charge in [0.1, 0.15) is 0 Å². The number of amides is 1. The maximum atomic E-state index is 10.2. The SMILES string of the molecule is NC(=O)c1ccno1. The van der Waals surface area contributed by atoms with Gasteiger partial charge in [-0.1, -0.05) is 5.16 Å². The Morgan fingerprint density at radius 1 is 1.88 bits per heavy atom. The van der Waals surface area contributed by atoms with Crippen molar-refractivity contribution in [3.05, 3.63) is 18.0 Å². The van der Waals surface area contributed by atoms with Crippen LogP contribution in [-0.4, -0.2) is 11.1 Å². The predicted octanol–water partition coefficient (Wildman–Crippen LogP) is -0.227. The van der Waals surface area contributed by atoms with E-state index in [2.05, 4.69) is 9.68 Å². The lowest BCUT2D eigenvalue weighted by molar-refractivity contribution is 0.0965. The topological polar surface area (TPSA) is 69.1 Å². The number of hydrogen-bond acceptors (Lipinski definition) is 3. The van der Waals surface area contributed by atoms with Crippen molar-refractivity contribution in [1.29, 1.82) is 0 Å². The molecule has 0 saturated heterocycles. The first-order valence-electron chi connectivity index (χ1n) is 2.01. The highest BCUT2D eigenvalue weighted by molar-refractivity contribution is 5.89. The van der Waals surface area contributed by atoms with Crippen LogP contribution in [0.4, 0.5) is 0 Å². The standard InChI is InChI=1S/C4H4N2O2/c5-4(7)3-1-2-6-8-3/h1-2H,(H2,5,7). The average molecular weight is 112 g/mol. The quantitative estimate of drug-likeness (QED) is 0.545. The molecule has 0 radical (unpaired) electrons. The highest BCUT2D eigenvalue weighted by atomic mass is 16.5. The summed E-state index contributed by atoms with van der Waals surface area (Å²) in [5, 5.41) is 3.27. The van der Waals surface area contributed by atoms with Crippen molar-refractivity contribution < 1.29 is 9.32 Å². The summed E-state index contributed by atoms with van der Waals surface area (Å²) < 4.78 is 4.37. The second-order valence-corrected chi connectivity index (χ2v) is 1.24. The van der Waals surface area contributed by atoms with Gasteiger partial charge in [0, 0.05) is 6.07 Å². The third-order valence-corrected chi connectivity index (χ3v) is 0.681. The molecule has 0 saturated carbocycles. The zero-order chi connectivity index (χ0) is 5.98. The lowest BCUT2D eigenvalue weighted by Crippen LogP contribution is -2.09. The summed E-state index contributed by atoms with van der Waals surface area (Å²) in [4.78, 5) is 10.2.